The maximum Gasteiger partial charge on any atom is 0.258 e. The average molecular weight is 323 g/mol. The van der Waals surface area contributed by atoms with Crippen molar-refractivity contribution in [1.29, 1.82) is 0 Å². The molecular formula is C16H19ClN2O3. The highest BCUT2D eigenvalue weighted by Crippen LogP contribution is 2.18. The fourth-order valence-corrected chi connectivity index (χ4v) is 2.17. The molecule has 0 radical (unpaired) electrons. The SMILES string of the molecule is CN(C)C(CNC(=O)COc1cccc(Cl)c1)c1ccco1. The Kier molecular flexibility index (Phi) is 5.86. The monoisotopic (exact) mass is 322 g/mol. The van der Waals surface area contributed by atoms with E-state index in [-0.39, 0.29) is 18.6 Å². The molecule has 1 amide bonds. The molecule has 1 N–H and O–H groups in total. The van der Waals surface area contributed by atoms with Crippen molar-refractivity contribution >= 4 is 17.5 Å². The van der Waals surface area contributed by atoms with E-state index in [9.17, 15) is 4.79 Å². The summed E-state index contributed by atoms with van der Waals surface area (Å²) in [6.45, 7) is 0.386. The van der Waals surface area contributed by atoms with Crippen molar-refractivity contribution in [2.75, 3.05) is 27.2 Å². The minimum Gasteiger partial charge on any atom is -0.484 e. The topological polar surface area (TPSA) is 54.7 Å². The number of hydrogen-bond acceptors (Lipinski definition) is 4. The van der Waals surface area contributed by atoms with E-state index in [2.05, 4.69) is 5.32 Å². The first-order chi connectivity index (χ1) is 10.6. The normalized spacial score (nSPS) is 12.2. The molecule has 1 aromatic carbocycles. The van der Waals surface area contributed by atoms with E-state index >= 15 is 0 Å². The van der Waals surface area contributed by atoms with E-state index in [0.29, 0.717) is 17.3 Å². The molecule has 0 bridgehead atoms. The van der Waals surface area contributed by atoms with Crippen molar-refractivity contribution in [2.45, 2.75) is 6.04 Å². The number of rotatable bonds is 7. The summed E-state index contributed by atoms with van der Waals surface area (Å²) >= 11 is 5.86. The summed E-state index contributed by atoms with van der Waals surface area (Å²) in [6.07, 6.45) is 1.62. The molecule has 2 aromatic rings. The zero-order chi connectivity index (χ0) is 15.9. The predicted octanol–water partition coefficient (Wildman–Crippen LogP) is 2.73. The smallest absolute Gasteiger partial charge is 0.258 e. The Bertz CT molecular complexity index is 599. The zero-order valence-electron chi connectivity index (χ0n) is 12.6. The quantitative estimate of drug-likeness (QED) is 0.851. The van der Waals surface area contributed by atoms with E-state index in [4.69, 9.17) is 20.8 Å². The van der Waals surface area contributed by atoms with E-state index in [1.165, 1.54) is 0 Å². The Balaban J connectivity index is 1.81. The maximum atomic E-state index is 11.9. The van der Waals surface area contributed by atoms with Gasteiger partial charge in [0.25, 0.3) is 5.91 Å². The van der Waals surface area contributed by atoms with Crippen LogP contribution in [0.25, 0.3) is 0 Å². The van der Waals surface area contributed by atoms with Crippen molar-refractivity contribution < 1.29 is 13.9 Å². The summed E-state index contributed by atoms with van der Waals surface area (Å²) in [6, 6.07) is 10.6. The van der Waals surface area contributed by atoms with Crippen LogP contribution in [-0.2, 0) is 4.79 Å². The molecule has 2 rings (SSSR count). The third kappa shape index (κ3) is 4.79. The van der Waals surface area contributed by atoms with Crippen molar-refractivity contribution in [2.24, 2.45) is 0 Å². The lowest BCUT2D eigenvalue weighted by Crippen LogP contribution is -2.36. The van der Waals surface area contributed by atoms with Crippen LogP contribution in [0.2, 0.25) is 5.02 Å². The lowest BCUT2D eigenvalue weighted by molar-refractivity contribution is -0.123. The number of nitrogens with one attached hydrogen (secondary N) is 1. The Morgan fingerprint density at radius 3 is 2.82 bits per heavy atom. The molecule has 0 spiro atoms. The molecule has 0 saturated carbocycles. The van der Waals surface area contributed by atoms with Gasteiger partial charge in [0.15, 0.2) is 6.61 Å². The van der Waals surface area contributed by atoms with Gasteiger partial charge in [-0.1, -0.05) is 17.7 Å². The fourth-order valence-electron chi connectivity index (χ4n) is 1.99. The summed E-state index contributed by atoms with van der Waals surface area (Å²) in [5.41, 5.74) is 0. The number of ether oxygens (including phenoxy) is 1. The number of benzene rings is 1. The molecule has 0 aliphatic carbocycles. The Hall–Kier alpha value is -1.98. The molecule has 6 heteroatoms. The molecule has 1 heterocycles. The van der Waals surface area contributed by atoms with Gasteiger partial charge >= 0.3 is 0 Å². The van der Waals surface area contributed by atoms with Crippen LogP contribution in [0, 0.1) is 0 Å². The average Bonchev–Trinajstić information content (AvgIpc) is 2.99. The third-order valence-corrected chi connectivity index (χ3v) is 3.39. The Morgan fingerprint density at radius 2 is 2.18 bits per heavy atom. The van der Waals surface area contributed by atoms with Crippen LogP contribution < -0.4 is 10.1 Å². The predicted molar refractivity (Wildman–Crippen MR) is 85.1 cm³/mol. The fraction of sp³-hybridized carbons (Fsp3) is 0.312. The van der Waals surface area contributed by atoms with Gasteiger partial charge < -0.3 is 14.5 Å². The molecule has 5 nitrogen and oxygen atoms in total. The number of carbonyl (C=O) groups is 1. The highest BCUT2D eigenvalue weighted by atomic mass is 35.5. The summed E-state index contributed by atoms with van der Waals surface area (Å²) in [5, 5.41) is 3.41. The molecule has 1 aromatic heterocycles. The standard InChI is InChI=1S/C16H19ClN2O3/c1-19(2)14(15-7-4-8-21-15)10-18-16(20)11-22-13-6-3-5-12(17)9-13/h3-9,14H,10-11H2,1-2H3,(H,18,20). The lowest BCUT2D eigenvalue weighted by atomic mass is 10.2. The maximum absolute atomic E-state index is 11.9. The summed E-state index contributed by atoms with van der Waals surface area (Å²) in [4.78, 5) is 13.9. The highest BCUT2D eigenvalue weighted by molar-refractivity contribution is 6.30. The van der Waals surface area contributed by atoms with E-state index in [1.807, 2.05) is 31.1 Å². The molecule has 22 heavy (non-hydrogen) atoms. The second-order valence-electron chi connectivity index (χ2n) is 5.04. The van der Waals surface area contributed by atoms with Gasteiger partial charge in [-0.2, -0.15) is 0 Å². The second kappa shape index (κ2) is 7.87. The van der Waals surface area contributed by atoms with Crippen molar-refractivity contribution in [1.82, 2.24) is 10.2 Å². The first kappa shape index (κ1) is 16.4. The third-order valence-electron chi connectivity index (χ3n) is 3.15. The van der Waals surface area contributed by atoms with Gasteiger partial charge in [-0.15, -0.1) is 0 Å². The van der Waals surface area contributed by atoms with Gasteiger partial charge in [-0.3, -0.25) is 9.69 Å². The van der Waals surface area contributed by atoms with Crippen molar-refractivity contribution in [3.8, 4) is 5.75 Å². The highest BCUT2D eigenvalue weighted by Gasteiger charge is 2.17. The van der Waals surface area contributed by atoms with Crippen LogP contribution in [-0.4, -0.2) is 38.1 Å². The number of amides is 1. The molecule has 1 atom stereocenters. The van der Waals surface area contributed by atoms with E-state index < -0.39 is 0 Å². The van der Waals surface area contributed by atoms with E-state index in [1.54, 1.807) is 30.5 Å². The van der Waals surface area contributed by atoms with Gasteiger partial charge in [0, 0.05) is 11.6 Å². The molecule has 0 fully saturated rings. The van der Waals surface area contributed by atoms with Crippen molar-refractivity contribution in [3.05, 3.63) is 53.4 Å². The van der Waals surface area contributed by atoms with Crippen molar-refractivity contribution in [3.63, 3.8) is 0 Å². The largest absolute Gasteiger partial charge is 0.484 e. The van der Waals surface area contributed by atoms with Gasteiger partial charge in [-0.05, 0) is 44.4 Å². The van der Waals surface area contributed by atoms with Crippen LogP contribution in [0.4, 0.5) is 0 Å². The van der Waals surface area contributed by atoms with Gasteiger partial charge in [0.2, 0.25) is 0 Å². The Labute approximate surface area is 134 Å². The van der Waals surface area contributed by atoms with Gasteiger partial charge in [-0.25, -0.2) is 0 Å². The molecule has 0 aliphatic heterocycles. The number of likely N-dealkylation sites (N-methyl/N-ethyl adjacent to an activating group) is 1. The van der Waals surface area contributed by atoms with E-state index in [0.717, 1.165) is 5.76 Å². The lowest BCUT2D eigenvalue weighted by Gasteiger charge is -2.22. The Morgan fingerprint density at radius 1 is 1.36 bits per heavy atom. The summed E-state index contributed by atoms with van der Waals surface area (Å²) < 4.78 is 10.8. The zero-order valence-corrected chi connectivity index (χ0v) is 13.3. The first-order valence-corrected chi connectivity index (χ1v) is 7.29. The number of halogens is 1. The molecule has 118 valence electrons. The molecule has 0 saturated heterocycles. The van der Waals surface area contributed by atoms with Crippen LogP contribution in [0.3, 0.4) is 0 Å². The minimum absolute atomic E-state index is 0.0230. The molecule has 0 aliphatic rings. The van der Waals surface area contributed by atoms with Crippen LogP contribution in [0.1, 0.15) is 11.8 Å². The molecular weight excluding hydrogens is 304 g/mol. The molecule has 1 unspecified atom stereocenters. The first-order valence-electron chi connectivity index (χ1n) is 6.91. The van der Waals surface area contributed by atoms with Crippen LogP contribution in [0.15, 0.2) is 47.1 Å². The second-order valence-corrected chi connectivity index (χ2v) is 5.48. The van der Waals surface area contributed by atoms with Gasteiger partial charge in [0.05, 0.1) is 12.3 Å². The summed E-state index contributed by atoms with van der Waals surface area (Å²) in [7, 11) is 3.86. The van der Waals surface area contributed by atoms with Crippen LogP contribution in [0.5, 0.6) is 5.75 Å². The summed E-state index contributed by atoms with van der Waals surface area (Å²) in [5.74, 6) is 1.18. The minimum atomic E-state index is -0.196. The number of furan rings is 1. The van der Waals surface area contributed by atoms with Crippen LogP contribution >= 0.6 is 11.6 Å². The number of hydrogen-bond donors (Lipinski definition) is 1. The van der Waals surface area contributed by atoms with Gasteiger partial charge in [0.1, 0.15) is 11.5 Å². The number of nitrogens with zero attached hydrogens (tertiary/aromatic N) is 1. The number of carbonyl (C=O) groups excluding carboxylic acids is 1.